The molecule has 2 aliphatic heterocycles. The van der Waals surface area contributed by atoms with E-state index in [0.717, 1.165) is 43.1 Å². The molecule has 5 rings (SSSR count). The molecule has 4 heteroatoms. The van der Waals surface area contributed by atoms with Crippen molar-refractivity contribution >= 4 is 16.8 Å². The van der Waals surface area contributed by atoms with Crippen LogP contribution in [0.15, 0.2) is 24.3 Å². The predicted molar refractivity (Wildman–Crippen MR) is 87.3 cm³/mol. The number of hydrogen-bond acceptors (Lipinski definition) is 3. The quantitative estimate of drug-likeness (QED) is 0.814. The SMILES string of the molecule is O=C1CCC[C@@H]2Cc3nc4ccc(O)cc4cc3[C@@H]3CCN1[C@H]23. The van der Waals surface area contributed by atoms with E-state index in [2.05, 4.69) is 11.0 Å². The van der Waals surface area contributed by atoms with Gasteiger partial charge in [0.1, 0.15) is 5.75 Å². The van der Waals surface area contributed by atoms with Gasteiger partial charge in [0.15, 0.2) is 0 Å². The van der Waals surface area contributed by atoms with Gasteiger partial charge in [0.2, 0.25) is 5.91 Å². The Bertz CT molecular complexity index is 816. The second-order valence-electron chi connectivity index (χ2n) is 7.23. The van der Waals surface area contributed by atoms with Gasteiger partial charge in [-0.2, -0.15) is 0 Å². The van der Waals surface area contributed by atoms with E-state index in [-0.39, 0.29) is 5.75 Å². The zero-order valence-electron chi connectivity index (χ0n) is 13.0. The summed E-state index contributed by atoms with van der Waals surface area (Å²) in [6.45, 7) is 0.891. The summed E-state index contributed by atoms with van der Waals surface area (Å²) in [4.78, 5) is 19.4. The minimum Gasteiger partial charge on any atom is -0.508 e. The average molecular weight is 308 g/mol. The Morgan fingerprint density at radius 2 is 2.13 bits per heavy atom. The number of hydrogen-bond donors (Lipinski definition) is 1. The molecule has 0 radical (unpaired) electrons. The molecule has 118 valence electrons. The van der Waals surface area contributed by atoms with E-state index in [0.29, 0.717) is 30.2 Å². The molecule has 2 saturated heterocycles. The fourth-order valence-electron chi connectivity index (χ4n) is 5.03. The van der Waals surface area contributed by atoms with Gasteiger partial charge in [-0.05, 0) is 61.4 Å². The zero-order valence-corrected chi connectivity index (χ0v) is 13.0. The van der Waals surface area contributed by atoms with Crippen molar-refractivity contribution < 1.29 is 9.90 Å². The van der Waals surface area contributed by atoms with Crippen LogP contribution in [-0.2, 0) is 11.2 Å². The molecule has 0 saturated carbocycles. The van der Waals surface area contributed by atoms with E-state index in [1.54, 1.807) is 12.1 Å². The summed E-state index contributed by atoms with van der Waals surface area (Å²) in [5.41, 5.74) is 3.48. The first kappa shape index (κ1) is 13.3. The summed E-state index contributed by atoms with van der Waals surface area (Å²) in [5.74, 6) is 1.61. The van der Waals surface area contributed by atoms with Gasteiger partial charge >= 0.3 is 0 Å². The lowest BCUT2D eigenvalue weighted by atomic mass is 9.74. The van der Waals surface area contributed by atoms with E-state index in [9.17, 15) is 9.90 Å². The third-order valence-corrected chi connectivity index (χ3v) is 5.99. The topological polar surface area (TPSA) is 53.4 Å². The summed E-state index contributed by atoms with van der Waals surface area (Å²) in [6, 6.07) is 7.97. The van der Waals surface area contributed by atoms with Gasteiger partial charge in [0.25, 0.3) is 0 Å². The van der Waals surface area contributed by atoms with Crippen LogP contribution in [0.2, 0.25) is 0 Å². The molecule has 23 heavy (non-hydrogen) atoms. The minimum absolute atomic E-state index is 0.283. The van der Waals surface area contributed by atoms with Gasteiger partial charge in [-0.15, -0.1) is 0 Å². The number of nitrogens with zero attached hydrogens (tertiary/aromatic N) is 2. The molecular weight excluding hydrogens is 288 g/mol. The fourth-order valence-corrected chi connectivity index (χ4v) is 5.03. The van der Waals surface area contributed by atoms with Gasteiger partial charge in [0, 0.05) is 36.0 Å². The molecule has 0 unspecified atom stereocenters. The Morgan fingerprint density at radius 3 is 3.04 bits per heavy atom. The van der Waals surface area contributed by atoms with Crippen molar-refractivity contribution in [3.05, 3.63) is 35.5 Å². The molecule has 0 bridgehead atoms. The van der Waals surface area contributed by atoms with Crippen molar-refractivity contribution in [2.45, 2.75) is 44.1 Å². The largest absolute Gasteiger partial charge is 0.508 e. The lowest BCUT2D eigenvalue weighted by molar-refractivity contribution is -0.132. The predicted octanol–water partition coefficient (Wildman–Crippen LogP) is 2.98. The number of aromatic nitrogens is 1. The molecule has 0 spiro atoms. The highest BCUT2D eigenvalue weighted by Gasteiger charge is 2.47. The van der Waals surface area contributed by atoms with Gasteiger partial charge < -0.3 is 10.0 Å². The highest BCUT2D eigenvalue weighted by Crippen LogP contribution is 2.47. The third kappa shape index (κ3) is 1.90. The standard InChI is InChI=1S/C19H20N2O2/c22-13-4-5-16-12(8-13)9-15-14-6-7-21-18(23)3-1-2-11(19(14)21)10-17(15)20-16/h4-5,8-9,11,14,19,22H,1-3,6-7,10H2/t11-,14+,19-/m1/s1. The number of pyridine rings is 1. The van der Waals surface area contributed by atoms with Crippen molar-refractivity contribution in [3.63, 3.8) is 0 Å². The number of benzene rings is 1. The summed E-state index contributed by atoms with van der Waals surface area (Å²) >= 11 is 0. The summed E-state index contributed by atoms with van der Waals surface area (Å²) in [7, 11) is 0. The first-order valence-corrected chi connectivity index (χ1v) is 8.63. The maximum Gasteiger partial charge on any atom is 0.222 e. The molecular formula is C19H20N2O2. The summed E-state index contributed by atoms with van der Waals surface area (Å²) in [6.07, 6.45) is 4.89. The molecule has 4 nitrogen and oxygen atoms in total. The summed E-state index contributed by atoms with van der Waals surface area (Å²) < 4.78 is 0. The van der Waals surface area contributed by atoms with Crippen molar-refractivity contribution in [3.8, 4) is 5.75 Å². The molecule has 3 atom stereocenters. The molecule has 1 N–H and O–H groups in total. The molecule has 1 aliphatic carbocycles. The van der Waals surface area contributed by atoms with E-state index in [1.165, 1.54) is 11.3 Å². The second kappa shape index (κ2) is 4.70. The number of phenolic OH excluding ortho intramolecular Hbond substituents is 1. The van der Waals surface area contributed by atoms with Crippen LogP contribution in [0.3, 0.4) is 0 Å². The lowest BCUT2D eigenvalue weighted by Gasteiger charge is -2.37. The Hall–Kier alpha value is -2.10. The van der Waals surface area contributed by atoms with Crippen molar-refractivity contribution in [1.29, 1.82) is 0 Å². The molecule has 3 heterocycles. The Labute approximate surface area is 135 Å². The van der Waals surface area contributed by atoms with Crippen molar-refractivity contribution in [2.24, 2.45) is 5.92 Å². The highest BCUT2D eigenvalue weighted by molar-refractivity contribution is 5.82. The van der Waals surface area contributed by atoms with E-state index in [1.807, 2.05) is 6.07 Å². The molecule has 2 fully saturated rings. The monoisotopic (exact) mass is 308 g/mol. The molecule has 1 aromatic heterocycles. The number of fused-ring (bicyclic) bond motifs is 3. The normalized spacial score (nSPS) is 29.3. The summed E-state index contributed by atoms with van der Waals surface area (Å²) in [5, 5.41) is 10.7. The van der Waals surface area contributed by atoms with Crippen LogP contribution >= 0.6 is 0 Å². The number of phenols is 1. The van der Waals surface area contributed by atoms with Crippen LogP contribution in [0.1, 0.15) is 42.9 Å². The fraction of sp³-hybridized carbons (Fsp3) is 0.474. The van der Waals surface area contributed by atoms with Gasteiger partial charge in [-0.1, -0.05) is 0 Å². The van der Waals surface area contributed by atoms with Gasteiger partial charge in [-0.3, -0.25) is 9.78 Å². The Morgan fingerprint density at radius 1 is 1.22 bits per heavy atom. The van der Waals surface area contributed by atoms with E-state index in [4.69, 9.17) is 4.98 Å². The molecule has 2 aromatic rings. The van der Waals surface area contributed by atoms with E-state index >= 15 is 0 Å². The maximum absolute atomic E-state index is 12.4. The van der Waals surface area contributed by atoms with Crippen molar-refractivity contribution in [1.82, 2.24) is 9.88 Å². The van der Waals surface area contributed by atoms with Gasteiger partial charge in [-0.25, -0.2) is 0 Å². The first-order chi connectivity index (χ1) is 11.2. The van der Waals surface area contributed by atoms with E-state index < -0.39 is 0 Å². The van der Waals surface area contributed by atoms with Crippen LogP contribution in [0.25, 0.3) is 10.9 Å². The Kier molecular flexibility index (Phi) is 2.73. The number of aromatic hydroxyl groups is 1. The first-order valence-electron chi connectivity index (χ1n) is 8.63. The molecule has 3 aliphatic rings. The second-order valence-corrected chi connectivity index (χ2v) is 7.23. The molecule has 1 aromatic carbocycles. The van der Waals surface area contributed by atoms with Crippen LogP contribution in [0.5, 0.6) is 5.75 Å². The smallest absolute Gasteiger partial charge is 0.222 e. The minimum atomic E-state index is 0.283. The number of amides is 1. The van der Waals surface area contributed by atoms with Crippen LogP contribution < -0.4 is 0 Å². The van der Waals surface area contributed by atoms with Crippen molar-refractivity contribution in [2.75, 3.05) is 6.54 Å². The molecule has 1 amide bonds. The van der Waals surface area contributed by atoms with Gasteiger partial charge in [0.05, 0.1) is 5.52 Å². The van der Waals surface area contributed by atoms with Crippen LogP contribution in [0, 0.1) is 5.92 Å². The highest BCUT2D eigenvalue weighted by atomic mass is 16.3. The average Bonchev–Trinajstić information content (AvgIpc) is 2.92. The lowest BCUT2D eigenvalue weighted by Crippen LogP contribution is -2.43. The zero-order chi connectivity index (χ0) is 15.6. The van der Waals surface area contributed by atoms with Crippen LogP contribution in [0.4, 0.5) is 0 Å². The Balaban J connectivity index is 1.67. The third-order valence-electron chi connectivity index (χ3n) is 5.99. The van der Waals surface area contributed by atoms with Crippen LogP contribution in [-0.4, -0.2) is 33.5 Å². The number of carbonyl (C=O) groups excluding carboxylic acids is 1. The number of carbonyl (C=O) groups is 1. The maximum atomic E-state index is 12.4. The number of rotatable bonds is 0.